The number of carbonyl (C=O) groups excluding carboxylic acids is 1. The molecular formula is C11H18N2OS. The summed E-state index contributed by atoms with van der Waals surface area (Å²) in [5, 5.41) is 9.23. The molecule has 0 N–H and O–H groups in total. The molecule has 1 amide bonds. The molecule has 15 heavy (non-hydrogen) atoms. The van der Waals surface area contributed by atoms with E-state index in [-0.39, 0.29) is 11.8 Å². The minimum Gasteiger partial charge on any atom is -0.324 e. The Labute approximate surface area is 96.9 Å². The molecule has 4 heteroatoms. The van der Waals surface area contributed by atoms with Crippen molar-refractivity contribution in [1.29, 1.82) is 5.26 Å². The Bertz CT molecular complexity index is 297. The Kier molecular flexibility index (Phi) is 3.67. The van der Waals surface area contributed by atoms with Crippen molar-refractivity contribution >= 4 is 18.5 Å². The molecule has 1 aliphatic rings. The number of nitriles is 1. The molecule has 0 radical (unpaired) electrons. The average Bonchev–Trinajstić information content (AvgIpc) is 2.58. The second kappa shape index (κ2) is 4.44. The lowest BCUT2D eigenvalue weighted by Crippen LogP contribution is -2.50. The quantitative estimate of drug-likeness (QED) is 0.744. The molecule has 1 aliphatic heterocycles. The Morgan fingerprint density at radius 2 is 2.33 bits per heavy atom. The van der Waals surface area contributed by atoms with Crippen molar-refractivity contribution < 1.29 is 4.79 Å². The summed E-state index contributed by atoms with van der Waals surface area (Å²) in [6.07, 6.45) is 0.535. The van der Waals surface area contributed by atoms with Gasteiger partial charge in [0, 0.05) is 13.0 Å². The van der Waals surface area contributed by atoms with Gasteiger partial charge in [0.25, 0.3) is 0 Å². The van der Waals surface area contributed by atoms with Gasteiger partial charge in [-0.1, -0.05) is 13.8 Å². The summed E-state index contributed by atoms with van der Waals surface area (Å²) in [4.78, 5) is 13.5. The molecule has 1 fully saturated rings. The lowest BCUT2D eigenvalue weighted by atomic mass is 9.88. The van der Waals surface area contributed by atoms with Gasteiger partial charge in [0.15, 0.2) is 0 Å². The van der Waals surface area contributed by atoms with E-state index in [1.54, 1.807) is 4.90 Å². The molecule has 0 spiro atoms. The van der Waals surface area contributed by atoms with E-state index in [4.69, 9.17) is 0 Å². The van der Waals surface area contributed by atoms with Gasteiger partial charge in [-0.15, -0.1) is 0 Å². The molecule has 0 aromatic heterocycles. The van der Waals surface area contributed by atoms with Crippen molar-refractivity contribution in [3.05, 3.63) is 0 Å². The number of carbonyl (C=O) groups is 1. The lowest BCUT2D eigenvalue weighted by Gasteiger charge is -2.36. The Balaban J connectivity index is 2.89. The minimum absolute atomic E-state index is 0.0896. The van der Waals surface area contributed by atoms with E-state index in [1.807, 2.05) is 20.8 Å². The SMILES string of the molecule is CC(C)C(C)(C#N)N1CC(CS)CC1=O. The van der Waals surface area contributed by atoms with Crippen LogP contribution in [0.3, 0.4) is 0 Å². The van der Waals surface area contributed by atoms with E-state index in [1.165, 1.54) is 0 Å². The van der Waals surface area contributed by atoms with Crippen LogP contribution in [0.25, 0.3) is 0 Å². The van der Waals surface area contributed by atoms with Gasteiger partial charge in [-0.2, -0.15) is 17.9 Å². The van der Waals surface area contributed by atoms with Crippen LogP contribution in [0.5, 0.6) is 0 Å². The highest BCUT2D eigenvalue weighted by atomic mass is 32.1. The number of amides is 1. The maximum absolute atomic E-state index is 11.8. The summed E-state index contributed by atoms with van der Waals surface area (Å²) >= 11 is 4.21. The second-order valence-electron chi connectivity index (χ2n) is 4.67. The first-order valence-corrected chi connectivity index (χ1v) is 5.91. The summed E-state index contributed by atoms with van der Waals surface area (Å²) in [5.74, 6) is 1.24. The zero-order chi connectivity index (χ0) is 11.6. The molecular weight excluding hydrogens is 208 g/mol. The fourth-order valence-electron chi connectivity index (χ4n) is 1.85. The van der Waals surface area contributed by atoms with Crippen LogP contribution in [0.2, 0.25) is 0 Å². The van der Waals surface area contributed by atoms with Crippen molar-refractivity contribution in [2.24, 2.45) is 11.8 Å². The van der Waals surface area contributed by atoms with Crippen molar-refractivity contribution in [1.82, 2.24) is 4.90 Å². The topological polar surface area (TPSA) is 44.1 Å². The molecule has 2 unspecified atom stereocenters. The van der Waals surface area contributed by atoms with Gasteiger partial charge in [0.1, 0.15) is 5.54 Å². The molecule has 0 aromatic rings. The van der Waals surface area contributed by atoms with E-state index in [9.17, 15) is 10.1 Å². The zero-order valence-corrected chi connectivity index (χ0v) is 10.4. The lowest BCUT2D eigenvalue weighted by molar-refractivity contribution is -0.132. The largest absolute Gasteiger partial charge is 0.324 e. The normalized spacial score (nSPS) is 25.5. The smallest absolute Gasteiger partial charge is 0.224 e. The molecule has 0 aliphatic carbocycles. The standard InChI is InChI=1S/C11H18N2OS/c1-8(2)11(3,7-12)13-5-9(6-15)4-10(13)14/h8-9,15H,4-6H2,1-3H3. The summed E-state index contributed by atoms with van der Waals surface area (Å²) in [7, 11) is 0. The van der Waals surface area contributed by atoms with Crippen molar-refractivity contribution in [3.8, 4) is 6.07 Å². The van der Waals surface area contributed by atoms with E-state index >= 15 is 0 Å². The fraction of sp³-hybridized carbons (Fsp3) is 0.818. The van der Waals surface area contributed by atoms with Crippen LogP contribution < -0.4 is 0 Å². The van der Waals surface area contributed by atoms with Crippen LogP contribution in [0.4, 0.5) is 0 Å². The summed E-state index contributed by atoms with van der Waals surface area (Å²) in [6.45, 7) is 6.47. The Hall–Kier alpha value is -0.690. The molecule has 1 rings (SSSR count). The average molecular weight is 226 g/mol. The van der Waals surface area contributed by atoms with Gasteiger partial charge in [-0.05, 0) is 24.5 Å². The van der Waals surface area contributed by atoms with E-state index in [0.717, 1.165) is 0 Å². The molecule has 2 atom stereocenters. The third-order valence-corrected chi connectivity index (χ3v) is 3.89. The van der Waals surface area contributed by atoms with Gasteiger partial charge in [0.05, 0.1) is 6.07 Å². The minimum atomic E-state index is -0.672. The number of nitrogens with zero attached hydrogens (tertiary/aromatic N) is 2. The third-order valence-electron chi connectivity index (χ3n) is 3.37. The first-order chi connectivity index (χ1) is 6.95. The van der Waals surface area contributed by atoms with E-state index in [2.05, 4.69) is 18.7 Å². The van der Waals surface area contributed by atoms with Crippen molar-refractivity contribution in [2.75, 3.05) is 12.3 Å². The number of hydrogen-bond acceptors (Lipinski definition) is 3. The maximum atomic E-state index is 11.8. The van der Waals surface area contributed by atoms with E-state index in [0.29, 0.717) is 24.6 Å². The van der Waals surface area contributed by atoms with Gasteiger partial charge >= 0.3 is 0 Å². The van der Waals surface area contributed by atoms with Gasteiger partial charge in [0.2, 0.25) is 5.91 Å². The first kappa shape index (κ1) is 12.4. The number of thiol groups is 1. The fourth-order valence-corrected chi connectivity index (χ4v) is 2.10. The molecule has 0 aromatic carbocycles. The van der Waals surface area contributed by atoms with Crippen LogP contribution in [-0.4, -0.2) is 28.6 Å². The summed E-state index contributed by atoms with van der Waals surface area (Å²) in [5.41, 5.74) is -0.672. The number of likely N-dealkylation sites (tertiary alicyclic amines) is 1. The Morgan fingerprint density at radius 1 is 1.73 bits per heavy atom. The number of rotatable bonds is 3. The predicted octanol–water partition coefficient (Wildman–Crippen LogP) is 1.70. The van der Waals surface area contributed by atoms with Gasteiger partial charge < -0.3 is 4.90 Å². The van der Waals surface area contributed by atoms with Crippen LogP contribution in [-0.2, 0) is 4.79 Å². The highest BCUT2D eigenvalue weighted by Gasteiger charge is 2.43. The highest BCUT2D eigenvalue weighted by molar-refractivity contribution is 7.80. The van der Waals surface area contributed by atoms with Crippen molar-refractivity contribution in [3.63, 3.8) is 0 Å². The summed E-state index contributed by atoms with van der Waals surface area (Å²) < 4.78 is 0. The molecule has 1 heterocycles. The molecule has 0 saturated carbocycles. The zero-order valence-electron chi connectivity index (χ0n) is 9.53. The maximum Gasteiger partial charge on any atom is 0.224 e. The monoisotopic (exact) mass is 226 g/mol. The highest BCUT2D eigenvalue weighted by Crippen LogP contribution is 2.31. The van der Waals surface area contributed by atoms with Crippen LogP contribution in [0.15, 0.2) is 0 Å². The first-order valence-electron chi connectivity index (χ1n) is 5.28. The van der Waals surface area contributed by atoms with Crippen LogP contribution in [0.1, 0.15) is 27.2 Å². The molecule has 1 saturated heterocycles. The molecule has 0 bridgehead atoms. The predicted molar refractivity (Wildman–Crippen MR) is 62.5 cm³/mol. The number of hydrogen-bond donors (Lipinski definition) is 1. The second-order valence-corrected chi connectivity index (χ2v) is 5.04. The molecule has 84 valence electrons. The Morgan fingerprint density at radius 3 is 2.67 bits per heavy atom. The molecule has 3 nitrogen and oxygen atoms in total. The van der Waals surface area contributed by atoms with E-state index < -0.39 is 5.54 Å². The van der Waals surface area contributed by atoms with Gasteiger partial charge in [-0.3, -0.25) is 4.79 Å². The van der Waals surface area contributed by atoms with Gasteiger partial charge in [-0.25, -0.2) is 0 Å². The van der Waals surface area contributed by atoms with Crippen LogP contribution in [0, 0.1) is 23.2 Å². The van der Waals surface area contributed by atoms with Crippen molar-refractivity contribution in [2.45, 2.75) is 32.7 Å². The third kappa shape index (κ3) is 2.12. The summed E-state index contributed by atoms with van der Waals surface area (Å²) in [6, 6.07) is 2.28. The van der Waals surface area contributed by atoms with Crippen LogP contribution >= 0.6 is 12.6 Å².